The van der Waals surface area contributed by atoms with E-state index in [1.807, 2.05) is 40.7 Å². The molecule has 0 spiro atoms. The number of hydrogen-bond donors (Lipinski definition) is 1. The molecule has 0 heterocycles. The van der Waals surface area contributed by atoms with Gasteiger partial charge in [-0.3, -0.25) is 13.9 Å². The lowest BCUT2D eigenvalue weighted by atomic mass is 10.1. The zero-order chi connectivity index (χ0) is 31.2. The van der Waals surface area contributed by atoms with E-state index in [4.69, 9.17) is 23.2 Å². The van der Waals surface area contributed by atoms with Crippen LogP contribution in [-0.2, 0) is 26.2 Å². The second-order valence-electron chi connectivity index (χ2n) is 10.8. The minimum absolute atomic E-state index is 0.0595. The number of amides is 2. The van der Waals surface area contributed by atoms with E-state index in [0.717, 1.165) is 21.0 Å². The van der Waals surface area contributed by atoms with Gasteiger partial charge in [0.15, 0.2) is 0 Å². The number of nitrogens with one attached hydrogen (secondary N) is 1. The Morgan fingerprint density at radius 3 is 2.07 bits per heavy atom. The lowest BCUT2D eigenvalue weighted by Gasteiger charge is -2.34. The van der Waals surface area contributed by atoms with E-state index in [1.165, 1.54) is 17.0 Å². The van der Waals surface area contributed by atoms with Gasteiger partial charge in [0.05, 0.1) is 10.6 Å². The van der Waals surface area contributed by atoms with Crippen molar-refractivity contribution >= 4 is 50.7 Å². The van der Waals surface area contributed by atoms with E-state index in [9.17, 15) is 18.0 Å². The number of carbonyl (C=O) groups excluding carboxylic acids is 2. The first kappa shape index (κ1) is 33.4. The van der Waals surface area contributed by atoms with Crippen molar-refractivity contribution in [2.75, 3.05) is 17.4 Å². The molecule has 0 saturated carbocycles. The highest BCUT2D eigenvalue weighted by Gasteiger charge is 2.35. The lowest BCUT2D eigenvalue weighted by Crippen LogP contribution is -2.52. The molecule has 0 aromatic heterocycles. The molecule has 0 bridgehead atoms. The van der Waals surface area contributed by atoms with Crippen LogP contribution in [0.25, 0.3) is 0 Å². The van der Waals surface area contributed by atoms with Crippen LogP contribution in [-0.4, -0.2) is 44.3 Å². The first-order chi connectivity index (χ1) is 19.8. The van der Waals surface area contributed by atoms with Crippen molar-refractivity contribution < 1.29 is 18.0 Å². The number of halogens is 2. The monoisotopic (exact) mass is 631 g/mol. The maximum absolute atomic E-state index is 14.3. The second-order valence-corrected chi connectivity index (χ2v) is 13.5. The normalized spacial score (nSPS) is 12.2. The largest absolute Gasteiger partial charge is 0.354 e. The standard InChI is InChI=1S/C32H39Cl2N3O4S/c1-7-29(32(39)35-18-21(2)3)36(19-26-27(33)11-9-12-28(26)34)31(38)20-37(30-13-8-10-23(5)24(30)6)42(40,41)25-16-14-22(4)15-17-25/h8-17,21,29H,7,18-20H2,1-6H3,(H,35,39)/t29-/m0/s1. The number of nitrogens with zero attached hydrogens (tertiary/aromatic N) is 2. The van der Waals surface area contributed by atoms with Gasteiger partial charge >= 0.3 is 0 Å². The Kier molecular flexibility index (Phi) is 11.5. The van der Waals surface area contributed by atoms with Crippen molar-refractivity contribution in [1.29, 1.82) is 0 Å². The Hall–Kier alpha value is -3.07. The topological polar surface area (TPSA) is 86.8 Å². The SMILES string of the molecule is CC[C@@H](C(=O)NCC(C)C)N(Cc1c(Cl)cccc1Cl)C(=O)CN(c1cccc(C)c1C)S(=O)(=O)c1ccc(C)cc1. The highest BCUT2D eigenvalue weighted by Crippen LogP contribution is 2.31. The molecule has 42 heavy (non-hydrogen) atoms. The van der Waals surface area contributed by atoms with Crippen LogP contribution in [0.2, 0.25) is 10.0 Å². The van der Waals surface area contributed by atoms with E-state index < -0.39 is 28.5 Å². The summed E-state index contributed by atoms with van der Waals surface area (Å²) >= 11 is 13.0. The molecule has 226 valence electrons. The number of benzene rings is 3. The van der Waals surface area contributed by atoms with Crippen molar-refractivity contribution in [1.82, 2.24) is 10.2 Å². The molecule has 3 aromatic carbocycles. The van der Waals surface area contributed by atoms with E-state index >= 15 is 0 Å². The molecule has 0 aliphatic heterocycles. The van der Waals surface area contributed by atoms with Gasteiger partial charge in [0.1, 0.15) is 12.6 Å². The molecule has 7 nitrogen and oxygen atoms in total. The fraction of sp³-hybridized carbons (Fsp3) is 0.375. The number of sulfonamides is 1. The van der Waals surface area contributed by atoms with Gasteiger partial charge < -0.3 is 10.2 Å². The van der Waals surface area contributed by atoms with Gasteiger partial charge in [0.2, 0.25) is 11.8 Å². The van der Waals surface area contributed by atoms with Crippen LogP contribution < -0.4 is 9.62 Å². The molecule has 2 amide bonds. The molecule has 1 N–H and O–H groups in total. The van der Waals surface area contributed by atoms with E-state index in [0.29, 0.717) is 34.3 Å². The molecule has 0 aliphatic carbocycles. The van der Waals surface area contributed by atoms with Crippen LogP contribution in [0.15, 0.2) is 65.6 Å². The van der Waals surface area contributed by atoms with Crippen LogP contribution in [0.3, 0.4) is 0 Å². The zero-order valence-electron chi connectivity index (χ0n) is 24.9. The Morgan fingerprint density at radius 2 is 1.50 bits per heavy atom. The second kappa shape index (κ2) is 14.4. The molecule has 0 radical (unpaired) electrons. The minimum atomic E-state index is -4.17. The zero-order valence-corrected chi connectivity index (χ0v) is 27.3. The summed E-state index contributed by atoms with van der Waals surface area (Å²) < 4.78 is 29.4. The Morgan fingerprint density at radius 1 is 0.905 bits per heavy atom. The molecule has 0 unspecified atom stereocenters. The summed E-state index contributed by atoms with van der Waals surface area (Å²) in [6.45, 7) is 11.2. The average molecular weight is 633 g/mol. The fourth-order valence-corrected chi connectivity index (χ4v) is 6.54. The van der Waals surface area contributed by atoms with E-state index in [-0.39, 0.29) is 23.3 Å². The predicted molar refractivity (Wildman–Crippen MR) is 171 cm³/mol. The molecule has 10 heteroatoms. The fourth-order valence-electron chi connectivity index (χ4n) is 4.55. The summed E-state index contributed by atoms with van der Waals surface area (Å²) in [6.07, 6.45) is 0.298. The first-order valence-corrected chi connectivity index (χ1v) is 16.1. The van der Waals surface area contributed by atoms with Crippen molar-refractivity contribution in [2.45, 2.75) is 65.4 Å². The summed E-state index contributed by atoms with van der Waals surface area (Å²) in [5.74, 6) is -0.690. The highest BCUT2D eigenvalue weighted by molar-refractivity contribution is 7.92. The molecule has 3 rings (SSSR count). The molecular formula is C32H39Cl2N3O4S. The van der Waals surface area contributed by atoms with Crippen molar-refractivity contribution in [2.24, 2.45) is 5.92 Å². The number of aryl methyl sites for hydroxylation is 2. The minimum Gasteiger partial charge on any atom is -0.354 e. The highest BCUT2D eigenvalue weighted by atomic mass is 35.5. The Bertz CT molecular complexity index is 1500. The van der Waals surface area contributed by atoms with Crippen molar-refractivity contribution in [3.05, 3.63) is 93.0 Å². The molecule has 0 saturated heterocycles. The molecule has 0 aliphatic rings. The Balaban J connectivity index is 2.13. The van der Waals surface area contributed by atoms with Gasteiger partial charge in [-0.15, -0.1) is 0 Å². The molecule has 3 aromatic rings. The first-order valence-electron chi connectivity index (χ1n) is 13.9. The van der Waals surface area contributed by atoms with Crippen molar-refractivity contribution in [3.8, 4) is 0 Å². The quantitative estimate of drug-likeness (QED) is 0.241. The van der Waals surface area contributed by atoms with Crippen LogP contribution in [0.1, 0.15) is 49.4 Å². The lowest BCUT2D eigenvalue weighted by molar-refractivity contribution is -0.140. The summed E-state index contributed by atoms with van der Waals surface area (Å²) in [6, 6.07) is 16.0. The number of hydrogen-bond acceptors (Lipinski definition) is 4. The molecule has 0 fully saturated rings. The summed E-state index contributed by atoms with van der Waals surface area (Å²) in [7, 11) is -4.17. The van der Waals surface area contributed by atoms with Gasteiger partial charge in [0, 0.05) is 28.7 Å². The van der Waals surface area contributed by atoms with Gasteiger partial charge in [-0.05, 0) is 74.6 Å². The smallest absolute Gasteiger partial charge is 0.264 e. The number of carbonyl (C=O) groups is 2. The van der Waals surface area contributed by atoms with Crippen LogP contribution in [0.5, 0.6) is 0 Å². The van der Waals surface area contributed by atoms with Crippen molar-refractivity contribution in [3.63, 3.8) is 0 Å². The van der Waals surface area contributed by atoms with Gasteiger partial charge in [0.25, 0.3) is 10.0 Å². The van der Waals surface area contributed by atoms with Gasteiger partial charge in [-0.1, -0.05) is 79.9 Å². The third-order valence-corrected chi connectivity index (χ3v) is 9.68. The summed E-state index contributed by atoms with van der Waals surface area (Å²) in [5, 5.41) is 3.60. The molecule has 1 atom stereocenters. The maximum Gasteiger partial charge on any atom is 0.264 e. The summed E-state index contributed by atoms with van der Waals surface area (Å²) in [5.41, 5.74) is 3.37. The van der Waals surface area contributed by atoms with E-state index in [2.05, 4.69) is 5.32 Å². The predicted octanol–water partition coefficient (Wildman–Crippen LogP) is 6.69. The third-order valence-electron chi connectivity index (χ3n) is 7.19. The Labute approximate surface area is 259 Å². The molecular weight excluding hydrogens is 593 g/mol. The van der Waals surface area contributed by atoms with Crippen LogP contribution >= 0.6 is 23.2 Å². The number of rotatable bonds is 12. The third kappa shape index (κ3) is 7.85. The van der Waals surface area contributed by atoms with Gasteiger partial charge in [-0.2, -0.15) is 0 Å². The summed E-state index contributed by atoms with van der Waals surface area (Å²) in [4.78, 5) is 29.1. The maximum atomic E-state index is 14.3. The number of anilines is 1. The van der Waals surface area contributed by atoms with Crippen LogP contribution in [0.4, 0.5) is 5.69 Å². The van der Waals surface area contributed by atoms with Crippen LogP contribution in [0, 0.1) is 26.7 Å². The van der Waals surface area contributed by atoms with Gasteiger partial charge in [-0.25, -0.2) is 8.42 Å². The average Bonchev–Trinajstić information content (AvgIpc) is 2.93. The van der Waals surface area contributed by atoms with E-state index in [1.54, 1.807) is 49.4 Å².